The highest BCUT2D eigenvalue weighted by Crippen LogP contribution is 2.30. The zero-order valence-electron chi connectivity index (χ0n) is 19.2. The molecule has 4 heterocycles. The molecule has 0 unspecified atom stereocenters. The van der Waals surface area contributed by atoms with E-state index in [9.17, 15) is 18.3 Å². The van der Waals surface area contributed by atoms with Crippen molar-refractivity contribution in [2.45, 2.75) is 32.8 Å². The molecule has 4 aromatic heterocycles. The van der Waals surface area contributed by atoms with Gasteiger partial charge in [0.2, 0.25) is 5.89 Å². The van der Waals surface area contributed by atoms with Gasteiger partial charge in [-0.05, 0) is 39.0 Å². The lowest BCUT2D eigenvalue weighted by Crippen LogP contribution is -2.21. The van der Waals surface area contributed by atoms with E-state index >= 15 is 0 Å². The van der Waals surface area contributed by atoms with Gasteiger partial charge in [-0.25, -0.2) is 18.4 Å². The smallest absolute Gasteiger partial charge is 0.277 e. The maximum atomic E-state index is 12.9. The zero-order chi connectivity index (χ0) is 24.7. The Hall–Kier alpha value is -3.57. The number of rotatable bonds is 7. The topological polar surface area (TPSA) is 140 Å². The molecule has 4 rings (SSSR count). The second kappa shape index (κ2) is 8.65. The standard InChI is InChI=1S/C23H25N5O5S/c1-14-9-15(5-7-24-14)22-27-19(13-33-22)21(29)26-18-12-28-11-16(6-8-34(4,31)32)25-20(28)10-17(18)23(2,3)30/h5,7,9-13,30H,6,8H2,1-4H3,(H,26,29). The number of pyridine rings is 2. The lowest BCUT2D eigenvalue weighted by atomic mass is 9.97. The van der Waals surface area contributed by atoms with Crippen LogP contribution in [-0.4, -0.2) is 50.8 Å². The molecule has 0 aliphatic heterocycles. The van der Waals surface area contributed by atoms with Crippen LogP contribution in [0.4, 0.5) is 5.69 Å². The van der Waals surface area contributed by atoms with Gasteiger partial charge in [0.1, 0.15) is 21.7 Å². The zero-order valence-corrected chi connectivity index (χ0v) is 20.0. The van der Waals surface area contributed by atoms with Crippen molar-refractivity contribution in [2.75, 3.05) is 17.3 Å². The summed E-state index contributed by atoms with van der Waals surface area (Å²) in [6, 6.07) is 5.20. The van der Waals surface area contributed by atoms with Crippen molar-refractivity contribution in [3.63, 3.8) is 0 Å². The first-order chi connectivity index (χ1) is 15.9. The summed E-state index contributed by atoms with van der Waals surface area (Å²) in [5, 5.41) is 13.5. The fraction of sp³-hybridized carbons (Fsp3) is 0.304. The Balaban J connectivity index is 1.64. The van der Waals surface area contributed by atoms with Gasteiger partial charge in [0.05, 0.1) is 22.7 Å². The molecule has 11 heteroatoms. The Labute approximate surface area is 196 Å². The molecule has 0 aliphatic rings. The first-order valence-electron chi connectivity index (χ1n) is 10.5. The third kappa shape index (κ3) is 5.32. The van der Waals surface area contributed by atoms with E-state index in [1.54, 1.807) is 55.0 Å². The summed E-state index contributed by atoms with van der Waals surface area (Å²) in [5.41, 5.74) is 2.20. The van der Waals surface area contributed by atoms with Gasteiger partial charge in [0, 0.05) is 48.1 Å². The molecule has 0 fully saturated rings. The predicted molar refractivity (Wildman–Crippen MR) is 126 cm³/mol. The minimum atomic E-state index is -3.13. The summed E-state index contributed by atoms with van der Waals surface area (Å²) in [5.74, 6) is -0.244. The normalized spacial score (nSPS) is 12.3. The van der Waals surface area contributed by atoms with Gasteiger partial charge in [-0.3, -0.25) is 9.78 Å². The van der Waals surface area contributed by atoms with Crippen LogP contribution in [0.3, 0.4) is 0 Å². The van der Waals surface area contributed by atoms with Crippen molar-refractivity contribution in [3.05, 3.63) is 65.7 Å². The fourth-order valence-electron chi connectivity index (χ4n) is 3.48. The lowest BCUT2D eigenvalue weighted by Gasteiger charge is -2.22. The average Bonchev–Trinajstić information content (AvgIpc) is 3.37. The molecular weight excluding hydrogens is 458 g/mol. The van der Waals surface area contributed by atoms with E-state index in [2.05, 4.69) is 20.3 Å². The number of carbonyl (C=O) groups excluding carboxylic acids is 1. The summed E-state index contributed by atoms with van der Waals surface area (Å²) in [4.78, 5) is 25.8. The van der Waals surface area contributed by atoms with Gasteiger partial charge in [0.25, 0.3) is 5.91 Å². The number of hydrogen-bond acceptors (Lipinski definition) is 8. The van der Waals surface area contributed by atoms with Gasteiger partial charge in [0.15, 0.2) is 5.69 Å². The maximum absolute atomic E-state index is 12.9. The molecule has 0 bridgehead atoms. The predicted octanol–water partition coefficient (Wildman–Crippen LogP) is 2.76. The van der Waals surface area contributed by atoms with Crippen molar-refractivity contribution in [3.8, 4) is 11.5 Å². The van der Waals surface area contributed by atoms with Crippen LogP contribution in [0.25, 0.3) is 17.1 Å². The Morgan fingerprint density at radius 2 is 2.00 bits per heavy atom. The number of aryl methyl sites for hydroxylation is 2. The molecule has 0 atom stereocenters. The number of hydrogen-bond donors (Lipinski definition) is 2. The van der Waals surface area contributed by atoms with E-state index in [0.717, 1.165) is 5.69 Å². The van der Waals surface area contributed by atoms with Crippen molar-refractivity contribution >= 4 is 27.1 Å². The molecule has 0 saturated carbocycles. The molecule has 0 saturated heterocycles. The number of amides is 1. The molecule has 34 heavy (non-hydrogen) atoms. The first kappa shape index (κ1) is 23.6. The molecule has 0 radical (unpaired) electrons. The number of sulfone groups is 1. The van der Waals surface area contributed by atoms with Crippen LogP contribution in [0, 0.1) is 6.92 Å². The molecule has 10 nitrogen and oxygen atoms in total. The monoisotopic (exact) mass is 483 g/mol. The van der Waals surface area contributed by atoms with Crippen molar-refractivity contribution in [1.29, 1.82) is 0 Å². The third-order valence-corrected chi connectivity index (χ3v) is 6.11. The number of anilines is 1. The van der Waals surface area contributed by atoms with Crippen LogP contribution in [0.2, 0.25) is 0 Å². The minimum Gasteiger partial charge on any atom is -0.444 e. The number of aliphatic hydroxyl groups is 1. The molecule has 0 aromatic carbocycles. The van der Waals surface area contributed by atoms with Crippen LogP contribution in [0.5, 0.6) is 0 Å². The van der Waals surface area contributed by atoms with Gasteiger partial charge in [-0.1, -0.05) is 0 Å². The van der Waals surface area contributed by atoms with Gasteiger partial charge < -0.3 is 19.2 Å². The van der Waals surface area contributed by atoms with E-state index in [1.165, 1.54) is 12.5 Å². The van der Waals surface area contributed by atoms with Crippen LogP contribution >= 0.6 is 0 Å². The Bertz CT molecular complexity index is 1480. The van der Waals surface area contributed by atoms with E-state index in [-0.39, 0.29) is 17.9 Å². The van der Waals surface area contributed by atoms with Crippen molar-refractivity contribution in [2.24, 2.45) is 0 Å². The summed E-state index contributed by atoms with van der Waals surface area (Å²) in [6.07, 6.45) is 7.66. The van der Waals surface area contributed by atoms with E-state index in [0.29, 0.717) is 34.0 Å². The summed E-state index contributed by atoms with van der Waals surface area (Å²) >= 11 is 0. The van der Waals surface area contributed by atoms with Gasteiger partial charge in [-0.2, -0.15) is 0 Å². The van der Waals surface area contributed by atoms with Gasteiger partial charge in [-0.15, -0.1) is 0 Å². The van der Waals surface area contributed by atoms with Crippen LogP contribution in [0.15, 0.2) is 47.5 Å². The number of fused-ring (bicyclic) bond motifs is 1. The third-order valence-electron chi connectivity index (χ3n) is 5.16. The lowest BCUT2D eigenvalue weighted by molar-refractivity contribution is 0.0792. The van der Waals surface area contributed by atoms with Crippen molar-refractivity contribution in [1.82, 2.24) is 19.4 Å². The molecule has 0 aliphatic carbocycles. The first-order valence-corrected chi connectivity index (χ1v) is 12.6. The summed E-state index contributed by atoms with van der Waals surface area (Å²) in [7, 11) is -3.13. The number of aromatic nitrogens is 4. The molecule has 2 N–H and O–H groups in total. The van der Waals surface area contributed by atoms with E-state index in [1.807, 2.05) is 6.92 Å². The largest absolute Gasteiger partial charge is 0.444 e. The number of carbonyl (C=O) groups is 1. The average molecular weight is 484 g/mol. The molecule has 4 aromatic rings. The maximum Gasteiger partial charge on any atom is 0.277 e. The van der Waals surface area contributed by atoms with Crippen molar-refractivity contribution < 1.29 is 22.7 Å². The Morgan fingerprint density at radius 3 is 2.68 bits per heavy atom. The highest BCUT2D eigenvalue weighted by Gasteiger charge is 2.24. The Morgan fingerprint density at radius 1 is 1.24 bits per heavy atom. The second-order valence-corrected chi connectivity index (χ2v) is 11.0. The van der Waals surface area contributed by atoms with Gasteiger partial charge >= 0.3 is 0 Å². The number of nitrogens with zero attached hydrogens (tertiary/aromatic N) is 4. The van der Waals surface area contributed by atoms with E-state index in [4.69, 9.17) is 4.42 Å². The summed E-state index contributed by atoms with van der Waals surface area (Å²) < 4.78 is 30.1. The second-order valence-electron chi connectivity index (χ2n) is 8.72. The highest BCUT2D eigenvalue weighted by atomic mass is 32.2. The number of nitrogens with one attached hydrogen (secondary N) is 1. The molecule has 178 valence electrons. The van der Waals surface area contributed by atoms with Crippen LogP contribution in [-0.2, 0) is 21.9 Å². The Kier molecular flexibility index (Phi) is 6.00. The molecule has 0 spiro atoms. The van der Waals surface area contributed by atoms with Crippen LogP contribution < -0.4 is 5.32 Å². The highest BCUT2D eigenvalue weighted by molar-refractivity contribution is 7.90. The number of imidazole rings is 1. The SMILES string of the molecule is Cc1cc(-c2nc(C(=O)Nc3cn4cc(CCS(C)(=O)=O)nc4cc3C(C)(C)O)co2)ccn1. The molecule has 1 amide bonds. The number of oxazole rings is 1. The minimum absolute atomic E-state index is 0.0235. The quantitative estimate of drug-likeness (QED) is 0.409. The summed E-state index contributed by atoms with van der Waals surface area (Å²) in [6.45, 7) is 5.04. The van der Waals surface area contributed by atoms with E-state index < -0.39 is 21.3 Å². The molecular formula is C23H25N5O5S. The van der Waals surface area contributed by atoms with Crippen LogP contribution in [0.1, 0.15) is 41.3 Å². The fourth-order valence-corrected chi connectivity index (χ4v) is 4.06.